The number of anilines is 1. The molecule has 114 valence electrons. The van der Waals surface area contributed by atoms with Crippen LogP contribution < -0.4 is 5.32 Å². The van der Waals surface area contributed by atoms with Gasteiger partial charge in [0.2, 0.25) is 5.91 Å². The maximum atomic E-state index is 12.4. The number of hydrogen-bond acceptors (Lipinski definition) is 5. The fraction of sp³-hybridized carbons (Fsp3) is 0.267. The summed E-state index contributed by atoms with van der Waals surface area (Å²) in [5.41, 5.74) is 0.977. The molecule has 1 aromatic carbocycles. The van der Waals surface area contributed by atoms with E-state index in [0.717, 1.165) is 5.56 Å². The van der Waals surface area contributed by atoms with Crippen LogP contribution in [-0.4, -0.2) is 41.0 Å². The standard InChI is InChI=1S/C15H15N3O3S/c19-13-10-21-9-12(14(20)17-15-16-6-7-22-15)18(13)8-11-4-2-1-3-5-11/h1-7,12H,8-10H2,(H,16,17,20)/t12-/m0/s1. The number of nitrogens with zero attached hydrogens (tertiary/aromatic N) is 2. The summed E-state index contributed by atoms with van der Waals surface area (Å²) in [5.74, 6) is -0.465. The van der Waals surface area contributed by atoms with Crippen molar-refractivity contribution >= 4 is 28.3 Å². The second-order valence-corrected chi connectivity index (χ2v) is 5.76. The molecule has 0 bridgehead atoms. The van der Waals surface area contributed by atoms with E-state index in [1.807, 2.05) is 30.3 Å². The lowest BCUT2D eigenvalue weighted by atomic mass is 10.1. The minimum absolute atomic E-state index is 0.00780. The summed E-state index contributed by atoms with van der Waals surface area (Å²) in [6, 6.07) is 8.94. The zero-order chi connectivity index (χ0) is 15.4. The summed E-state index contributed by atoms with van der Waals surface area (Å²) in [6.07, 6.45) is 1.62. The van der Waals surface area contributed by atoms with Crippen molar-refractivity contribution < 1.29 is 14.3 Å². The largest absolute Gasteiger partial charge is 0.369 e. The van der Waals surface area contributed by atoms with Crippen LogP contribution in [0.1, 0.15) is 5.56 Å². The van der Waals surface area contributed by atoms with Gasteiger partial charge in [-0.2, -0.15) is 0 Å². The molecule has 1 aromatic heterocycles. The highest BCUT2D eigenvalue weighted by molar-refractivity contribution is 7.13. The molecule has 0 radical (unpaired) electrons. The molecule has 0 unspecified atom stereocenters. The minimum Gasteiger partial charge on any atom is -0.369 e. The number of ether oxygens (including phenoxy) is 1. The maximum Gasteiger partial charge on any atom is 0.251 e. The zero-order valence-electron chi connectivity index (χ0n) is 11.8. The van der Waals surface area contributed by atoms with Gasteiger partial charge in [-0.25, -0.2) is 4.98 Å². The summed E-state index contributed by atoms with van der Waals surface area (Å²) < 4.78 is 5.23. The van der Waals surface area contributed by atoms with E-state index >= 15 is 0 Å². The Bertz CT molecular complexity index is 645. The predicted octanol–water partition coefficient (Wildman–Crippen LogP) is 1.51. The number of nitrogens with one attached hydrogen (secondary N) is 1. The van der Waals surface area contributed by atoms with E-state index in [4.69, 9.17) is 4.74 Å². The van der Waals surface area contributed by atoms with Crippen LogP contribution >= 0.6 is 11.3 Å². The number of rotatable bonds is 4. The molecule has 6 nitrogen and oxygen atoms in total. The normalized spacial score (nSPS) is 18.3. The molecule has 0 spiro atoms. The number of aromatic nitrogens is 1. The lowest BCUT2D eigenvalue weighted by Crippen LogP contribution is -2.54. The predicted molar refractivity (Wildman–Crippen MR) is 82.3 cm³/mol. The minimum atomic E-state index is -0.648. The Morgan fingerprint density at radius 2 is 2.23 bits per heavy atom. The van der Waals surface area contributed by atoms with E-state index in [1.165, 1.54) is 11.3 Å². The van der Waals surface area contributed by atoms with Gasteiger partial charge in [-0.15, -0.1) is 11.3 Å². The molecule has 1 fully saturated rings. The van der Waals surface area contributed by atoms with E-state index in [-0.39, 0.29) is 25.0 Å². The van der Waals surface area contributed by atoms with Crippen LogP contribution in [0.25, 0.3) is 0 Å². The summed E-state index contributed by atoms with van der Waals surface area (Å²) >= 11 is 1.33. The number of amides is 2. The van der Waals surface area contributed by atoms with Gasteiger partial charge < -0.3 is 15.0 Å². The Labute approximate surface area is 131 Å². The van der Waals surface area contributed by atoms with Crippen molar-refractivity contribution in [3.05, 3.63) is 47.5 Å². The molecule has 2 aromatic rings. The van der Waals surface area contributed by atoms with Crippen molar-refractivity contribution in [2.75, 3.05) is 18.5 Å². The molecule has 0 saturated carbocycles. The van der Waals surface area contributed by atoms with E-state index in [0.29, 0.717) is 11.7 Å². The van der Waals surface area contributed by atoms with Gasteiger partial charge in [0.15, 0.2) is 5.13 Å². The van der Waals surface area contributed by atoms with E-state index < -0.39 is 6.04 Å². The lowest BCUT2D eigenvalue weighted by Gasteiger charge is -2.34. The molecule has 3 rings (SSSR count). The molecule has 7 heteroatoms. The quantitative estimate of drug-likeness (QED) is 0.928. The zero-order valence-corrected chi connectivity index (χ0v) is 12.6. The molecule has 1 saturated heterocycles. The van der Waals surface area contributed by atoms with Crippen LogP contribution in [0.15, 0.2) is 41.9 Å². The topological polar surface area (TPSA) is 71.5 Å². The van der Waals surface area contributed by atoms with Crippen LogP contribution in [0.4, 0.5) is 5.13 Å². The van der Waals surface area contributed by atoms with Gasteiger partial charge in [-0.1, -0.05) is 30.3 Å². The van der Waals surface area contributed by atoms with Crippen LogP contribution in [0.2, 0.25) is 0 Å². The molecule has 1 N–H and O–H groups in total. The van der Waals surface area contributed by atoms with Crippen molar-refractivity contribution in [1.29, 1.82) is 0 Å². The second-order valence-electron chi connectivity index (χ2n) is 4.86. The van der Waals surface area contributed by atoms with Gasteiger partial charge in [0.1, 0.15) is 12.6 Å². The summed E-state index contributed by atoms with van der Waals surface area (Å²) in [7, 11) is 0. The average Bonchev–Trinajstić information content (AvgIpc) is 3.03. The Balaban J connectivity index is 1.74. The van der Waals surface area contributed by atoms with Gasteiger partial charge in [-0.3, -0.25) is 9.59 Å². The van der Waals surface area contributed by atoms with Crippen LogP contribution in [0, 0.1) is 0 Å². The smallest absolute Gasteiger partial charge is 0.251 e. The van der Waals surface area contributed by atoms with Crippen LogP contribution in [0.3, 0.4) is 0 Å². The van der Waals surface area contributed by atoms with Crippen molar-refractivity contribution in [2.24, 2.45) is 0 Å². The Morgan fingerprint density at radius 3 is 2.95 bits per heavy atom. The first-order valence-corrected chi connectivity index (χ1v) is 7.73. The number of benzene rings is 1. The van der Waals surface area contributed by atoms with E-state index in [1.54, 1.807) is 16.5 Å². The third-order valence-electron chi connectivity index (χ3n) is 3.36. The van der Waals surface area contributed by atoms with Gasteiger partial charge in [0.05, 0.1) is 6.61 Å². The highest BCUT2D eigenvalue weighted by Crippen LogP contribution is 2.17. The van der Waals surface area contributed by atoms with Gasteiger partial charge >= 0.3 is 0 Å². The third-order valence-corrected chi connectivity index (χ3v) is 4.05. The monoisotopic (exact) mass is 317 g/mol. The van der Waals surface area contributed by atoms with Crippen molar-refractivity contribution in [2.45, 2.75) is 12.6 Å². The SMILES string of the molecule is O=C(Nc1nccs1)[C@@H]1COCC(=O)N1Cc1ccccc1. The first kappa shape index (κ1) is 14.7. The molecule has 22 heavy (non-hydrogen) atoms. The maximum absolute atomic E-state index is 12.4. The molecule has 1 atom stereocenters. The molecule has 2 amide bonds. The molecule has 0 aliphatic carbocycles. The van der Waals surface area contributed by atoms with Crippen molar-refractivity contribution in [3.63, 3.8) is 0 Å². The second kappa shape index (κ2) is 6.67. The fourth-order valence-corrected chi connectivity index (χ4v) is 2.81. The number of thiazole rings is 1. The van der Waals surface area contributed by atoms with E-state index in [2.05, 4.69) is 10.3 Å². The van der Waals surface area contributed by atoms with E-state index in [9.17, 15) is 9.59 Å². The highest BCUT2D eigenvalue weighted by atomic mass is 32.1. The highest BCUT2D eigenvalue weighted by Gasteiger charge is 2.34. The number of carbonyl (C=O) groups excluding carboxylic acids is 2. The van der Waals surface area contributed by atoms with Crippen molar-refractivity contribution in [1.82, 2.24) is 9.88 Å². The van der Waals surface area contributed by atoms with Gasteiger partial charge in [0.25, 0.3) is 5.91 Å². The Morgan fingerprint density at radius 1 is 1.41 bits per heavy atom. The molecular formula is C15H15N3O3S. The number of carbonyl (C=O) groups is 2. The van der Waals surface area contributed by atoms with Gasteiger partial charge in [-0.05, 0) is 5.56 Å². The molecule has 1 aliphatic heterocycles. The fourth-order valence-electron chi connectivity index (χ4n) is 2.27. The summed E-state index contributed by atoms with van der Waals surface area (Å²) in [4.78, 5) is 30.1. The average molecular weight is 317 g/mol. The summed E-state index contributed by atoms with van der Waals surface area (Å²) in [5, 5.41) is 5.02. The van der Waals surface area contributed by atoms with Gasteiger partial charge in [0, 0.05) is 18.1 Å². The van der Waals surface area contributed by atoms with Crippen LogP contribution in [-0.2, 0) is 20.9 Å². The Kier molecular flexibility index (Phi) is 4.45. The molecular weight excluding hydrogens is 302 g/mol. The first-order valence-electron chi connectivity index (χ1n) is 6.85. The molecule has 1 aliphatic rings. The molecule has 2 heterocycles. The van der Waals surface area contributed by atoms with Crippen molar-refractivity contribution in [3.8, 4) is 0 Å². The number of hydrogen-bond donors (Lipinski definition) is 1. The summed E-state index contributed by atoms with van der Waals surface area (Å²) in [6.45, 7) is 0.586. The third kappa shape index (κ3) is 3.32. The van der Waals surface area contributed by atoms with Crippen LogP contribution in [0.5, 0.6) is 0 Å². The lowest BCUT2D eigenvalue weighted by molar-refractivity contribution is -0.154. The Hall–Kier alpha value is -2.25. The first-order chi connectivity index (χ1) is 10.7. The number of morpholine rings is 1.